The molecule has 3 aromatic rings. The minimum atomic E-state index is -2.21. The summed E-state index contributed by atoms with van der Waals surface area (Å²) >= 11 is 0. The van der Waals surface area contributed by atoms with Gasteiger partial charge in [0.25, 0.3) is 0 Å². The molecule has 5 atom stereocenters. The van der Waals surface area contributed by atoms with Crippen molar-refractivity contribution < 1.29 is 40.4 Å². The zero-order chi connectivity index (χ0) is 41.5. The molecule has 1 aliphatic heterocycles. The Kier molecular flexibility index (Phi) is 14.0. The normalized spacial score (nSPS) is 21.8. The van der Waals surface area contributed by atoms with Crippen LogP contribution in [-0.4, -0.2) is 87.2 Å². The van der Waals surface area contributed by atoms with Gasteiger partial charge in [0.05, 0.1) is 6.61 Å². The third-order valence-electron chi connectivity index (χ3n) is 7.74. The molecule has 1 aromatic heterocycles. The molecule has 1 fully saturated rings. The van der Waals surface area contributed by atoms with E-state index in [2.05, 4.69) is 118 Å². The van der Waals surface area contributed by atoms with E-state index in [0.29, 0.717) is 34.8 Å². The molecule has 55 heavy (non-hydrogen) atoms. The molecule has 0 aliphatic carbocycles. The summed E-state index contributed by atoms with van der Waals surface area (Å²) in [6.45, 7) is 39.0. The smallest absolute Gasteiger partial charge is 0.242 e. The van der Waals surface area contributed by atoms with Gasteiger partial charge in [0.1, 0.15) is 58.4 Å². The summed E-state index contributed by atoms with van der Waals surface area (Å²) in [6.07, 6.45) is -2.90. The van der Waals surface area contributed by atoms with Crippen LogP contribution in [0.2, 0.25) is 118 Å². The van der Waals surface area contributed by atoms with Gasteiger partial charge in [0.2, 0.25) is 22.9 Å². The second-order valence-electron chi connectivity index (χ2n) is 20.4. The SMILES string of the molecule is C[Si](C)(C)OCC1OC(Oc2cc(O[Si](C)(C)C)c3c(=O)cc(-c4ccc(O[Si](C)(C)C)cc4)oc3c2)C(O[Si](C)(C)C)C(O[Si](C)(C)C)C1O[Si](C)(C)C. The van der Waals surface area contributed by atoms with E-state index in [0.717, 1.165) is 11.3 Å². The van der Waals surface area contributed by atoms with E-state index >= 15 is 0 Å². The molecule has 0 N–H and O–H groups in total. The van der Waals surface area contributed by atoms with Gasteiger partial charge >= 0.3 is 0 Å². The number of rotatable bonds is 16. The molecule has 4 rings (SSSR count). The zero-order valence-corrected chi connectivity index (χ0v) is 42.7. The predicted octanol–water partition coefficient (Wildman–Crippen LogP) is 10.5. The van der Waals surface area contributed by atoms with Gasteiger partial charge in [-0.1, -0.05) is 0 Å². The molecular weight excluding hydrogens is 797 g/mol. The number of hydrogen-bond acceptors (Lipinski definition) is 10. The molecule has 308 valence electrons. The first-order chi connectivity index (χ1) is 24.8. The minimum Gasteiger partial charge on any atom is -0.544 e. The van der Waals surface area contributed by atoms with E-state index in [1.54, 1.807) is 12.1 Å². The molecule has 1 aliphatic rings. The average molecular weight is 865 g/mol. The van der Waals surface area contributed by atoms with Crippen molar-refractivity contribution in [1.29, 1.82) is 0 Å². The molecule has 1 saturated heterocycles. The van der Waals surface area contributed by atoms with Crippen molar-refractivity contribution in [2.45, 2.75) is 149 Å². The lowest BCUT2D eigenvalue weighted by Gasteiger charge is -2.50. The van der Waals surface area contributed by atoms with Crippen molar-refractivity contribution in [3.05, 3.63) is 52.7 Å². The maximum absolute atomic E-state index is 13.9. The fourth-order valence-electron chi connectivity index (χ4n) is 6.09. The number of hydrogen-bond donors (Lipinski definition) is 0. The first kappa shape index (κ1) is 45.8. The van der Waals surface area contributed by atoms with Crippen LogP contribution < -0.4 is 19.0 Å². The van der Waals surface area contributed by atoms with Gasteiger partial charge < -0.3 is 40.4 Å². The first-order valence-corrected chi connectivity index (χ1v) is 39.9. The van der Waals surface area contributed by atoms with Crippen LogP contribution in [0.3, 0.4) is 0 Å². The highest BCUT2D eigenvalue weighted by molar-refractivity contribution is 6.72. The fourth-order valence-corrected chi connectivity index (χ4v) is 11.7. The van der Waals surface area contributed by atoms with Gasteiger partial charge in [-0.05, 0) is 142 Å². The largest absolute Gasteiger partial charge is 0.544 e. The highest BCUT2D eigenvalue weighted by Crippen LogP contribution is 2.38. The Labute approximate surface area is 336 Å². The van der Waals surface area contributed by atoms with Crippen LogP contribution in [0.4, 0.5) is 0 Å². The van der Waals surface area contributed by atoms with Gasteiger partial charge in [0.15, 0.2) is 38.7 Å². The Morgan fingerprint density at radius 1 is 0.564 bits per heavy atom. The van der Waals surface area contributed by atoms with Gasteiger partial charge in [-0.2, -0.15) is 0 Å². The molecule has 10 nitrogen and oxygen atoms in total. The molecular formula is C39H68O10Si6. The van der Waals surface area contributed by atoms with Gasteiger partial charge in [-0.3, -0.25) is 4.79 Å². The summed E-state index contributed by atoms with van der Waals surface area (Å²) < 4.78 is 60.6. The molecule has 2 heterocycles. The Bertz CT molecular complexity index is 1810. The van der Waals surface area contributed by atoms with Crippen LogP contribution in [0.1, 0.15) is 0 Å². The summed E-state index contributed by atoms with van der Waals surface area (Å²) in [6, 6.07) is 12.7. The number of ether oxygens (including phenoxy) is 2. The number of fused-ring (bicyclic) bond motifs is 1. The van der Waals surface area contributed by atoms with E-state index in [9.17, 15) is 4.79 Å². The minimum absolute atomic E-state index is 0.203. The Hall–Kier alpha value is -1.85. The monoisotopic (exact) mass is 864 g/mol. The topological polar surface area (TPSA) is 104 Å². The third kappa shape index (κ3) is 14.5. The van der Waals surface area contributed by atoms with E-state index in [1.165, 1.54) is 6.07 Å². The fraction of sp³-hybridized carbons (Fsp3) is 0.615. The van der Waals surface area contributed by atoms with Crippen molar-refractivity contribution in [2.75, 3.05) is 6.61 Å². The lowest BCUT2D eigenvalue weighted by molar-refractivity contribution is -0.265. The van der Waals surface area contributed by atoms with Crippen molar-refractivity contribution >= 4 is 60.9 Å². The standard InChI is InChI=1S/C39H68O10Si6/c1-50(2,3)41-26-34-36(47-53(10,11)12)37(48-54(13,14)15)38(49-55(16,17)18)39(44-34)42-29-23-32-35(33(24-29)46-52(7,8)9)30(40)25-31(43-32)27-19-21-28(22-20-27)45-51(4,5)6/h19-25,34,36-39H,26H2,1-18H3. The summed E-state index contributed by atoms with van der Waals surface area (Å²) in [5.41, 5.74) is 0.901. The maximum Gasteiger partial charge on any atom is 0.242 e. The Morgan fingerprint density at radius 2 is 1.09 bits per heavy atom. The van der Waals surface area contributed by atoms with Crippen LogP contribution in [0.25, 0.3) is 22.3 Å². The van der Waals surface area contributed by atoms with Crippen molar-refractivity contribution in [1.82, 2.24) is 0 Å². The van der Waals surface area contributed by atoms with Crippen LogP contribution in [0, 0.1) is 0 Å². The molecule has 2 aromatic carbocycles. The molecule has 0 spiro atoms. The van der Waals surface area contributed by atoms with E-state index in [-0.39, 0.29) is 5.43 Å². The van der Waals surface area contributed by atoms with Gasteiger partial charge in [-0.15, -0.1) is 0 Å². The van der Waals surface area contributed by atoms with Crippen molar-refractivity contribution in [3.63, 3.8) is 0 Å². The number of benzene rings is 2. The summed E-state index contributed by atoms with van der Waals surface area (Å²) in [5, 5.41) is 0.363. The molecule has 0 bridgehead atoms. The third-order valence-corrected chi connectivity index (χ3v) is 13.4. The van der Waals surface area contributed by atoms with Crippen LogP contribution in [0.5, 0.6) is 17.2 Å². The Balaban J connectivity index is 1.88. The summed E-state index contributed by atoms with van der Waals surface area (Å²) in [4.78, 5) is 13.9. The quantitative estimate of drug-likeness (QED) is 0.129. The van der Waals surface area contributed by atoms with Crippen LogP contribution >= 0.6 is 0 Å². The van der Waals surface area contributed by atoms with Gasteiger partial charge in [-0.25, -0.2) is 0 Å². The lowest BCUT2D eigenvalue weighted by Crippen LogP contribution is -2.67. The lowest BCUT2D eigenvalue weighted by atomic mass is 9.99. The van der Waals surface area contributed by atoms with Crippen molar-refractivity contribution in [2.24, 2.45) is 0 Å². The molecule has 0 saturated carbocycles. The van der Waals surface area contributed by atoms with E-state index < -0.39 is 80.6 Å². The second kappa shape index (κ2) is 16.8. The Morgan fingerprint density at radius 3 is 1.60 bits per heavy atom. The molecule has 16 heteroatoms. The molecule has 0 amide bonds. The average Bonchev–Trinajstić information content (AvgIpc) is 2.95. The molecule has 5 unspecified atom stereocenters. The second-order valence-corrected chi connectivity index (χ2v) is 47.1. The van der Waals surface area contributed by atoms with Gasteiger partial charge in [0, 0.05) is 23.8 Å². The van der Waals surface area contributed by atoms with E-state index in [4.69, 9.17) is 40.4 Å². The van der Waals surface area contributed by atoms with E-state index in [1.807, 2.05) is 24.3 Å². The maximum atomic E-state index is 13.9. The zero-order valence-electron chi connectivity index (χ0n) is 36.7. The highest BCUT2D eigenvalue weighted by atomic mass is 28.4. The van der Waals surface area contributed by atoms with Crippen LogP contribution in [-0.2, 0) is 22.4 Å². The summed E-state index contributed by atoms with van der Waals surface area (Å²) in [5.74, 6) is 2.06. The summed E-state index contributed by atoms with van der Waals surface area (Å²) in [7, 11) is -12.4. The predicted molar refractivity (Wildman–Crippen MR) is 239 cm³/mol. The first-order valence-electron chi connectivity index (χ1n) is 19.4. The van der Waals surface area contributed by atoms with Crippen molar-refractivity contribution in [3.8, 4) is 28.6 Å². The molecule has 0 radical (unpaired) electrons. The van der Waals surface area contributed by atoms with Crippen LogP contribution in [0.15, 0.2) is 51.7 Å². The highest BCUT2D eigenvalue weighted by Gasteiger charge is 2.53.